The van der Waals surface area contributed by atoms with E-state index in [2.05, 4.69) is 25.2 Å². The molecule has 0 heterocycles. The Hall–Kier alpha value is -0.240. The number of rotatable bonds is 5. The Morgan fingerprint density at radius 3 is 2.55 bits per heavy atom. The molecule has 1 aliphatic rings. The van der Waals surface area contributed by atoms with E-state index < -0.39 is 0 Å². The predicted octanol–water partition coefficient (Wildman–Crippen LogP) is 6.00. The summed E-state index contributed by atoms with van der Waals surface area (Å²) >= 11 is 12.2. The minimum absolute atomic E-state index is 0.377. The average molecular weight is 314 g/mol. The highest BCUT2D eigenvalue weighted by Gasteiger charge is 2.25. The monoisotopic (exact) mass is 313 g/mol. The van der Waals surface area contributed by atoms with Crippen LogP contribution in [0.2, 0.25) is 10.0 Å². The van der Waals surface area contributed by atoms with Gasteiger partial charge in [0.05, 0.1) is 10.0 Å². The number of hydrogen-bond acceptors (Lipinski definition) is 1. The van der Waals surface area contributed by atoms with Crippen LogP contribution in [-0.4, -0.2) is 6.04 Å². The van der Waals surface area contributed by atoms with E-state index in [9.17, 15) is 0 Å². The summed E-state index contributed by atoms with van der Waals surface area (Å²) in [5.41, 5.74) is 1.25. The molecule has 1 N–H and O–H groups in total. The topological polar surface area (TPSA) is 12.0 Å². The number of hydrogen-bond donors (Lipinski definition) is 1. The molecule has 0 amide bonds. The molecule has 112 valence electrons. The Morgan fingerprint density at radius 1 is 1.15 bits per heavy atom. The van der Waals surface area contributed by atoms with Crippen LogP contribution in [0.15, 0.2) is 18.2 Å². The fourth-order valence-corrected chi connectivity index (χ4v) is 3.66. The van der Waals surface area contributed by atoms with Crippen molar-refractivity contribution in [1.82, 2.24) is 5.32 Å². The molecular weight excluding hydrogens is 289 g/mol. The number of nitrogens with one attached hydrogen (secondary N) is 1. The van der Waals surface area contributed by atoms with Gasteiger partial charge >= 0.3 is 0 Å². The second-order valence-electron chi connectivity index (χ2n) is 5.86. The van der Waals surface area contributed by atoms with Gasteiger partial charge < -0.3 is 5.32 Å². The van der Waals surface area contributed by atoms with Crippen LogP contribution in [0.3, 0.4) is 0 Å². The van der Waals surface area contributed by atoms with Crippen molar-refractivity contribution in [2.75, 3.05) is 0 Å². The minimum atomic E-state index is 0.377. The molecule has 1 aliphatic carbocycles. The first-order chi connectivity index (χ1) is 9.65. The zero-order chi connectivity index (χ0) is 14.5. The molecule has 0 aromatic heterocycles. The van der Waals surface area contributed by atoms with Crippen molar-refractivity contribution in [3.8, 4) is 0 Å². The lowest BCUT2D eigenvalue weighted by atomic mass is 9.82. The van der Waals surface area contributed by atoms with Crippen LogP contribution >= 0.6 is 23.2 Å². The lowest BCUT2D eigenvalue weighted by molar-refractivity contribution is 0.235. The van der Waals surface area contributed by atoms with Gasteiger partial charge in [-0.1, -0.05) is 62.4 Å². The summed E-state index contributed by atoms with van der Waals surface area (Å²) in [6.07, 6.45) is 7.76. The molecule has 1 fully saturated rings. The maximum Gasteiger partial charge on any atom is 0.0595 e. The Morgan fingerprint density at radius 2 is 1.90 bits per heavy atom. The highest BCUT2D eigenvalue weighted by Crippen LogP contribution is 2.31. The van der Waals surface area contributed by atoms with E-state index in [0.717, 1.165) is 12.3 Å². The molecule has 0 spiro atoms. The van der Waals surface area contributed by atoms with Crippen LogP contribution in [0.25, 0.3) is 0 Å². The molecule has 1 aromatic rings. The third-order valence-electron chi connectivity index (χ3n) is 4.60. The molecule has 0 aliphatic heterocycles. The van der Waals surface area contributed by atoms with Crippen LogP contribution in [0.5, 0.6) is 0 Å². The fraction of sp³-hybridized carbons (Fsp3) is 0.647. The quantitative estimate of drug-likeness (QED) is 0.702. The summed E-state index contributed by atoms with van der Waals surface area (Å²) in [5.74, 6) is 0.820. The van der Waals surface area contributed by atoms with E-state index in [-0.39, 0.29) is 0 Å². The van der Waals surface area contributed by atoms with Gasteiger partial charge in [-0.05, 0) is 42.9 Å². The third kappa shape index (κ3) is 3.90. The van der Waals surface area contributed by atoms with Crippen LogP contribution in [0, 0.1) is 5.92 Å². The summed E-state index contributed by atoms with van der Waals surface area (Å²) in [5, 5.41) is 5.15. The van der Waals surface area contributed by atoms with Gasteiger partial charge in [0, 0.05) is 12.1 Å². The zero-order valence-electron chi connectivity index (χ0n) is 12.5. The smallest absolute Gasteiger partial charge is 0.0595 e. The highest BCUT2D eigenvalue weighted by molar-refractivity contribution is 6.42. The van der Waals surface area contributed by atoms with Crippen molar-refractivity contribution in [3.05, 3.63) is 33.8 Å². The Kier molecular flexibility index (Phi) is 6.20. The minimum Gasteiger partial charge on any atom is -0.307 e. The van der Waals surface area contributed by atoms with E-state index >= 15 is 0 Å². The van der Waals surface area contributed by atoms with Gasteiger partial charge in [0.15, 0.2) is 0 Å². The van der Waals surface area contributed by atoms with Crippen molar-refractivity contribution in [2.45, 2.75) is 64.5 Å². The van der Waals surface area contributed by atoms with E-state index in [1.165, 1.54) is 37.7 Å². The van der Waals surface area contributed by atoms with Crippen molar-refractivity contribution < 1.29 is 0 Å². The molecule has 1 nitrogen and oxygen atoms in total. The van der Waals surface area contributed by atoms with E-state index in [1.54, 1.807) is 0 Å². The van der Waals surface area contributed by atoms with E-state index in [1.807, 2.05) is 12.1 Å². The van der Waals surface area contributed by atoms with Crippen molar-refractivity contribution in [3.63, 3.8) is 0 Å². The highest BCUT2D eigenvalue weighted by atomic mass is 35.5. The van der Waals surface area contributed by atoms with Gasteiger partial charge in [-0.3, -0.25) is 0 Å². The molecule has 3 atom stereocenters. The van der Waals surface area contributed by atoms with Crippen molar-refractivity contribution >= 4 is 23.2 Å². The second-order valence-corrected chi connectivity index (χ2v) is 6.67. The number of halogens is 2. The Bertz CT molecular complexity index is 433. The summed E-state index contributed by atoms with van der Waals surface area (Å²) in [6, 6.07) is 7.03. The number of benzene rings is 1. The molecule has 3 heteroatoms. The lowest BCUT2D eigenvalue weighted by Crippen LogP contribution is -2.40. The van der Waals surface area contributed by atoms with Crippen LogP contribution in [0.1, 0.15) is 64.0 Å². The molecule has 0 saturated heterocycles. The first-order valence-corrected chi connectivity index (χ1v) is 8.62. The Balaban J connectivity index is 2.09. The molecule has 0 radical (unpaired) electrons. The van der Waals surface area contributed by atoms with Crippen LogP contribution in [-0.2, 0) is 0 Å². The van der Waals surface area contributed by atoms with Gasteiger partial charge in [-0.2, -0.15) is 0 Å². The summed E-state index contributed by atoms with van der Waals surface area (Å²) < 4.78 is 0. The second kappa shape index (κ2) is 7.68. The van der Waals surface area contributed by atoms with Gasteiger partial charge in [0.25, 0.3) is 0 Å². The average Bonchev–Trinajstić information content (AvgIpc) is 2.48. The molecular formula is C17H25Cl2N. The largest absolute Gasteiger partial charge is 0.307 e. The van der Waals surface area contributed by atoms with Gasteiger partial charge in [-0.15, -0.1) is 0 Å². The normalized spacial score (nSPS) is 24.6. The fourth-order valence-electron chi connectivity index (χ4n) is 3.35. The van der Waals surface area contributed by atoms with E-state index in [4.69, 9.17) is 23.2 Å². The molecule has 2 rings (SSSR count). The molecule has 3 unspecified atom stereocenters. The summed E-state index contributed by atoms with van der Waals surface area (Å²) in [7, 11) is 0. The summed E-state index contributed by atoms with van der Waals surface area (Å²) in [4.78, 5) is 0. The maximum atomic E-state index is 6.15. The molecule has 0 bridgehead atoms. The summed E-state index contributed by atoms with van der Waals surface area (Å²) in [6.45, 7) is 4.54. The molecule has 20 heavy (non-hydrogen) atoms. The van der Waals surface area contributed by atoms with Crippen LogP contribution < -0.4 is 5.32 Å². The van der Waals surface area contributed by atoms with Gasteiger partial charge in [-0.25, -0.2) is 0 Å². The SMILES string of the molecule is CCC(NC1CCCCC1CC)c1ccc(Cl)c(Cl)c1. The standard InChI is InChI=1S/C17H25Cl2N/c1-3-12-7-5-6-8-17(12)20-16(4-2)13-9-10-14(18)15(19)11-13/h9-12,16-17,20H,3-8H2,1-2H3. The first kappa shape index (κ1) is 16.1. The van der Waals surface area contributed by atoms with E-state index in [0.29, 0.717) is 22.1 Å². The van der Waals surface area contributed by atoms with Crippen molar-refractivity contribution in [1.29, 1.82) is 0 Å². The molecule has 1 aromatic carbocycles. The predicted molar refractivity (Wildman–Crippen MR) is 88.7 cm³/mol. The van der Waals surface area contributed by atoms with Crippen LogP contribution in [0.4, 0.5) is 0 Å². The zero-order valence-corrected chi connectivity index (χ0v) is 14.0. The lowest BCUT2D eigenvalue weighted by Gasteiger charge is -2.35. The Labute approximate surface area is 133 Å². The first-order valence-electron chi connectivity index (χ1n) is 7.86. The van der Waals surface area contributed by atoms with Crippen molar-refractivity contribution in [2.24, 2.45) is 5.92 Å². The maximum absolute atomic E-state index is 6.15. The third-order valence-corrected chi connectivity index (χ3v) is 5.34. The van der Waals surface area contributed by atoms with Gasteiger partial charge in [0.1, 0.15) is 0 Å². The van der Waals surface area contributed by atoms with Gasteiger partial charge in [0.2, 0.25) is 0 Å². The molecule has 1 saturated carbocycles.